The monoisotopic (exact) mass is 342 g/mol. The van der Waals surface area contributed by atoms with Gasteiger partial charge in [-0.3, -0.25) is 4.79 Å². The van der Waals surface area contributed by atoms with Crippen LogP contribution < -0.4 is 4.90 Å². The molecule has 0 spiro atoms. The molecule has 0 fully saturated rings. The van der Waals surface area contributed by atoms with Crippen LogP contribution in [0, 0.1) is 13.8 Å². The summed E-state index contributed by atoms with van der Waals surface area (Å²) in [6, 6.07) is 11.5. The van der Waals surface area contributed by atoms with Crippen molar-refractivity contribution < 1.29 is 9.32 Å². The molecule has 124 valence electrons. The van der Waals surface area contributed by atoms with Crippen molar-refractivity contribution in [3.8, 4) is 0 Å². The Kier molecular flexibility index (Phi) is 4.58. The molecule has 0 saturated heterocycles. The van der Waals surface area contributed by atoms with E-state index in [9.17, 15) is 4.79 Å². The summed E-state index contributed by atoms with van der Waals surface area (Å²) in [4.78, 5) is 14.5. The van der Waals surface area contributed by atoms with Crippen molar-refractivity contribution in [2.75, 3.05) is 11.4 Å². The van der Waals surface area contributed by atoms with Gasteiger partial charge in [0.25, 0.3) is 0 Å². The van der Waals surface area contributed by atoms with Gasteiger partial charge in [-0.2, -0.15) is 0 Å². The van der Waals surface area contributed by atoms with Gasteiger partial charge in [-0.25, -0.2) is 0 Å². The fraction of sp³-hybridized carbons (Fsp3) is 0.263. The number of carbonyl (C=O) groups is 1. The zero-order valence-corrected chi connectivity index (χ0v) is 14.7. The molecule has 0 saturated carbocycles. The van der Waals surface area contributed by atoms with Crippen molar-refractivity contribution in [2.45, 2.75) is 27.2 Å². The Balaban J connectivity index is 1.95. The number of amides is 1. The minimum atomic E-state index is -0.0185. The van der Waals surface area contributed by atoms with Crippen LogP contribution >= 0.6 is 11.6 Å². The van der Waals surface area contributed by atoms with E-state index in [0.717, 1.165) is 22.2 Å². The van der Waals surface area contributed by atoms with Crippen molar-refractivity contribution in [1.29, 1.82) is 0 Å². The van der Waals surface area contributed by atoms with Crippen LogP contribution in [0.1, 0.15) is 23.7 Å². The maximum Gasteiger partial charge on any atom is 0.233 e. The molecule has 0 atom stereocenters. The lowest BCUT2D eigenvalue weighted by atomic mass is 10.0. The van der Waals surface area contributed by atoms with Crippen molar-refractivity contribution in [3.63, 3.8) is 0 Å². The van der Waals surface area contributed by atoms with Crippen molar-refractivity contribution in [1.82, 2.24) is 5.16 Å². The van der Waals surface area contributed by atoms with Crippen molar-refractivity contribution in [3.05, 3.63) is 58.2 Å². The second-order valence-electron chi connectivity index (χ2n) is 5.79. The molecule has 3 aromatic rings. The standard InChI is InChI=1S/C19H19ClN2O2/c1-4-22(14-8-6-5-7-9-14)17(23)11-15-18-13(3)19(20)12(2)10-16(18)24-21-15/h5-10H,4,11H2,1-3H3. The number of fused-ring (bicyclic) bond motifs is 1. The molecule has 5 heteroatoms. The number of benzene rings is 2. The van der Waals surface area contributed by atoms with Gasteiger partial charge in [0.1, 0.15) is 5.69 Å². The number of rotatable bonds is 4. The van der Waals surface area contributed by atoms with Crippen LogP contribution in [0.3, 0.4) is 0 Å². The number of hydrogen-bond acceptors (Lipinski definition) is 3. The third-order valence-electron chi connectivity index (χ3n) is 4.19. The van der Waals surface area contributed by atoms with Gasteiger partial charge >= 0.3 is 0 Å². The first kappa shape index (κ1) is 16.5. The molecule has 0 unspecified atom stereocenters. The first-order chi connectivity index (χ1) is 11.5. The number of hydrogen-bond donors (Lipinski definition) is 0. The number of halogens is 1. The SMILES string of the molecule is CCN(C(=O)Cc1noc2cc(C)c(Cl)c(C)c12)c1ccccc1. The van der Waals surface area contributed by atoms with Gasteiger partial charge in [-0.1, -0.05) is 35.0 Å². The van der Waals surface area contributed by atoms with Gasteiger partial charge in [0.05, 0.1) is 6.42 Å². The summed E-state index contributed by atoms with van der Waals surface area (Å²) in [6.45, 7) is 6.41. The smallest absolute Gasteiger partial charge is 0.233 e. The molecule has 0 radical (unpaired) electrons. The van der Waals surface area contributed by atoms with E-state index >= 15 is 0 Å². The minimum Gasteiger partial charge on any atom is -0.356 e. The molecule has 1 amide bonds. The predicted octanol–water partition coefficient (Wildman–Crippen LogP) is 4.69. The number of nitrogens with zero attached hydrogens (tertiary/aromatic N) is 2. The van der Waals surface area contributed by atoms with E-state index in [2.05, 4.69) is 5.16 Å². The molecule has 0 bridgehead atoms. The maximum absolute atomic E-state index is 12.8. The first-order valence-electron chi connectivity index (χ1n) is 7.92. The Bertz CT molecular complexity index is 887. The van der Waals surface area contributed by atoms with E-state index in [1.807, 2.05) is 57.2 Å². The normalized spacial score (nSPS) is 11.0. The molecule has 24 heavy (non-hydrogen) atoms. The van der Waals surface area contributed by atoms with E-state index < -0.39 is 0 Å². The summed E-state index contributed by atoms with van der Waals surface area (Å²) in [6.07, 6.45) is 0.177. The summed E-state index contributed by atoms with van der Waals surface area (Å²) in [5.74, 6) is -0.0185. The highest BCUT2D eigenvalue weighted by atomic mass is 35.5. The van der Waals surface area contributed by atoms with E-state index in [-0.39, 0.29) is 12.3 Å². The summed E-state index contributed by atoms with van der Waals surface area (Å²) in [7, 11) is 0. The molecule has 0 aliphatic heterocycles. The van der Waals surface area contributed by atoms with Gasteiger partial charge in [0.15, 0.2) is 5.58 Å². The molecule has 2 aromatic carbocycles. The summed E-state index contributed by atoms with van der Waals surface area (Å²) >= 11 is 6.34. The zero-order valence-electron chi connectivity index (χ0n) is 14.0. The van der Waals surface area contributed by atoms with Crippen molar-refractivity contribution in [2.24, 2.45) is 0 Å². The van der Waals surface area contributed by atoms with Crippen LogP contribution in [-0.2, 0) is 11.2 Å². The zero-order chi connectivity index (χ0) is 17.3. The van der Waals surface area contributed by atoms with Gasteiger partial charge in [0.2, 0.25) is 5.91 Å². The van der Waals surface area contributed by atoms with Gasteiger partial charge in [-0.15, -0.1) is 0 Å². The number of aromatic nitrogens is 1. The second-order valence-corrected chi connectivity index (χ2v) is 6.16. The quantitative estimate of drug-likeness (QED) is 0.690. The molecular weight excluding hydrogens is 324 g/mol. The Morgan fingerprint density at radius 2 is 1.96 bits per heavy atom. The average Bonchev–Trinajstić information content (AvgIpc) is 2.97. The van der Waals surface area contributed by atoms with Crippen LogP contribution in [0.2, 0.25) is 5.02 Å². The Morgan fingerprint density at radius 1 is 1.25 bits per heavy atom. The molecule has 1 aromatic heterocycles. The highest BCUT2D eigenvalue weighted by Crippen LogP contribution is 2.31. The Hall–Kier alpha value is -2.33. The summed E-state index contributed by atoms with van der Waals surface area (Å²) in [5, 5.41) is 5.63. The third kappa shape index (κ3) is 2.89. The largest absolute Gasteiger partial charge is 0.356 e. The van der Waals surface area contributed by atoms with Gasteiger partial charge < -0.3 is 9.42 Å². The number of anilines is 1. The van der Waals surface area contributed by atoms with Crippen LogP contribution in [-0.4, -0.2) is 17.6 Å². The Morgan fingerprint density at radius 3 is 2.62 bits per heavy atom. The lowest BCUT2D eigenvalue weighted by molar-refractivity contribution is -0.118. The van der Waals surface area contributed by atoms with Crippen LogP contribution in [0.25, 0.3) is 11.0 Å². The lowest BCUT2D eigenvalue weighted by Crippen LogP contribution is -2.32. The molecule has 0 aliphatic rings. The average molecular weight is 343 g/mol. The van der Waals surface area contributed by atoms with E-state index in [1.54, 1.807) is 4.90 Å². The second kappa shape index (κ2) is 6.65. The summed E-state index contributed by atoms with van der Waals surface area (Å²) in [5.41, 5.74) is 4.01. The fourth-order valence-electron chi connectivity index (χ4n) is 2.97. The molecule has 4 nitrogen and oxygen atoms in total. The first-order valence-corrected chi connectivity index (χ1v) is 8.30. The molecule has 3 rings (SSSR count). The minimum absolute atomic E-state index is 0.0185. The highest BCUT2D eigenvalue weighted by Gasteiger charge is 2.20. The molecule has 0 aliphatic carbocycles. The van der Waals surface area contributed by atoms with Crippen LogP contribution in [0.15, 0.2) is 40.9 Å². The number of para-hydroxylation sites is 1. The predicted molar refractivity (Wildman–Crippen MR) is 96.7 cm³/mol. The fourth-order valence-corrected chi connectivity index (χ4v) is 3.12. The summed E-state index contributed by atoms with van der Waals surface area (Å²) < 4.78 is 5.41. The number of aryl methyl sites for hydroxylation is 2. The number of likely N-dealkylation sites (N-methyl/N-ethyl adjacent to an activating group) is 1. The lowest BCUT2D eigenvalue weighted by Gasteiger charge is -2.20. The van der Waals surface area contributed by atoms with Crippen LogP contribution in [0.5, 0.6) is 0 Å². The molecular formula is C19H19ClN2O2. The van der Waals surface area contributed by atoms with Crippen molar-refractivity contribution >= 4 is 34.2 Å². The van der Waals surface area contributed by atoms with Crippen LogP contribution in [0.4, 0.5) is 5.69 Å². The third-order valence-corrected chi connectivity index (χ3v) is 4.77. The van der Waals surface area contributed by atoms with Gasteiger partial charge in [0, 0.05) is 22.6 Å². The van der Waals surface area contributed by atoms with E-state index in [4.69, 9.17) is 16.1 Å². The molecule has 0 N–H and O–H groups in total. The number of carbonyl (C=O) groups excluding carboxylic acids is 1. The van der Waals surface area contributed by atoms with E-state index in [1.165, 1.54) is 0 Å². The van der Waals surface area contributed by atoms with E-state index in [0.29, 0.717) is 22.8 Å². The maximum atomic E-state index is 12.8. The Labute approximate surface area is 146 Å². The molecule has 1 heterocycles. The topological polar surface area (TPSA) is 46.3 Å². The van der Waals surface area contributed by atoms with Gasteiger partial charge in [-0.05, 0) is 50.1 Å². The highest BCUT2D eigenvalue weighted by molar-refractivity contribution is 6.33.